The fourth-order valence-corrected chi connectivity index (χ4v) is 2.25. The highest BCUT2D eigenvalue weighted by Gasteiger charge is 2.46. The molecule has 1 aliphatic heterocycles. The number of hydrogen-bond acceptors (Lipinski definition) is 7. The van der Waals surface area contributed by atoms with Crippen LogP contribution in [0.1, 0.15) is 6.92 Å². The lowest BCUT2D eigenvalue weighted by molar-refractivity contribution is -0.244. The third-order valence-corrected chi connectivity index (χ3v) is 3.38. The van der Waals surface area contributed by atoms with Crippen molar-refractivity contribution in [2.45, 2.75) is 37.6 Å². The van der Waals surface area contributed by atoms with E-state index in [1.165, 1.54) is 6.92 Å². The molecule has 0 radical (unpaired) electrons. The summed E-state index contributed by atoms with van der Waals surface area (Å²) in [6.07, 6.45) is -4.76. The molecule has 1 saturated heterocycles. The molecule has 6 N–H and O–H groups in total. The summed E-state index contributed by atoms with van der Waals surface area (Å²) in [5.74, 6) is 0.00281. The molecular formula is C14H21ClN2O6. The summed E-state index contributed by atoms with van der Waals surface area (Å²) in [4.78, 5) is 11.3. The van der Waals surface area contributed by atoms with Crippen LogP contribution in [-0.4, -0.2) is 58.5 Å². The van der Waals surface area contributed by atoms with Crippen LogP contribution in [0.4, 0.5) is 5.69 Å². The lowest BCUT2D eigenvalue weighted by Gasteiger charge is -2.42. The van der Waals surface area contributed by atoms with Crippen molar-refractivity contribution in [3.63, 3.8) is 0 Å². The molecule has 1 heterocycles. The van der Waals surface area contributed by atoms with Crippen molar-refractivity contribution in [2.75, 3.05) is 12.3 Å². The number of hydrogen-bond donors (Lipinski definition) is 5. The number of aliphatic hydroxyl groups is 3. The molecule has 0 aromatic heterocycles. The normalized spacial score (nSPS) is 30.2. The van der Waals surface area contributed by atoms with Gasteiger partial charge in [-0.2, -0.15) is 0 Å². The number of carbonyl (C=O) groups excluding carboxylic acids is 1. The second-order valence-electron chi connectivity index (χ2n) is 5.12. The van der Waals surface area contributed by atoms with E-state index in [4.69, 9.17) is 15.2 Å². The molecule has 5 atom stereocenters. The number of nitrogens with two attached hydrogens (primary N) is 1. The highest BCUT2D eigenvalue weighted by Crippen LogP contribution is 2.24. The zero-order valence-electron chi connectivity index (χ0n) is 12.5. The van der Waals surface area contributed by atoms with E-state index in [0.717, 1.165) is 0 Å². The van der Waals surface area contributed by atoms with Crippen LogP contribution >= 0.6 is 12.4 Å². The van der Waals surface area contributed by atoms with Crippen molar-refractivity contribution >= 4 is 24.0 Å². The topological polar surface area (TPSA) is 134 Å². The average molecular weight is 349 g/mol. The lowest BCUT2D eigenvalue weighted by atomic mass is 9.97. The van der Waals surface area contributed by atoms with Crippen molar-refractivity contribution < 1.29 is 29.6 Å². The van der Waals surface area contributed by atoms with Gasteiger partial charge in [0, 0.05) is 12.6 Å². The zero-order chi connectivity index (χ0) is 16.3. The fraction of sp³-hybridized carbons (Fsp3) is 0.500. The Kier molecular flexibility index (Phi) is 7.04. The lowest BCUT2D eigenvalue weighted by Crippen LogP contribution is -2.65. The number of amides is 1. The van der Waals surface area contributed by atoms with Gasteiger partial charge in [-0.15, -0.1) is 12.4 Å². The highest BCUT2D eigenvalue weighted by atomic mass is 35.5. The highest BCUT2D eigenvalue weighted by molar-refractivity contribution is 5.85. The number of anilines is 1. The van der Waals surface area contributed by atoms with E-state index in [0.29, 0.717) is 11.4 Å². The first kappa shape index (κ1) is 19.5. The maximum absolute atomic E-state index is 11.3. The standard InChI is InChI=1S/C14H20N2O6.ClH/c1-7(18)16-11-13(20)12(19)10(6-17)22-14(11)21-9-4-2-8(15)3-5-9;/h2-5,10-14,17,19-20H,6,15H2,1H3,(H,16,18);1H/t10-,11-,12+,13-,14+;/m1./s1. The molecule has 1 fully saturated rings. The van der Waals surface area contributed by atoms with E-state index in [1.54, 1.807) is 24.3 Å². The van der Waals surface area contributed by atoms with Crippen LogP contribution in [0.2, 0.25) is 0 Å². The van der Waals surface area contributed by atoms with E-state index in [9.17, 15) is 20.1 Å². The van der Waals surface area contributed by atoms with Crippen LogP contribution in [-0.2, 0) is 9.53 Å². The number of ether oxygens (including phenoxy) is 2. The predicted octanol–water partition coefficient (Wildman–Crippen LogP) is -0.987. The average Bonchev–Trinajstić information content (AvgIpc) is 2.48. The fourth-order valence-electron chi connectivity index (χ4n) is 2.25. The van der Waals surface area contributed by atoms with Crippen molar-refractivity contribution in [3.8, 4) is 5.75 Å². The van der Waals surface area contributed by atoms with Crippen LogP contribution in [0, 0.1) is 0 Å². The zero-order valence-corrected chi connectivity index (χ0v) is 13.3. The molecule has 1 amide bonds. The van der Waals surface area contributed by atoms with E-state index < -0.39 is 43.2 Å². The second kappa shape index (κ2) is 8.32. The summed E-state index contributed by atoms with van der Waals surface area (Å²) in [5, 5.41) is 31.7. The number of carbonyl (C=O) groups is 1. The van der Waals surface area contributed by atoms with Gasteiger partial charge in [0.25, 0.3) is 0 Å². The minimum Gasteiger partial charge on any atom is -0.463 e. The van der Waals surface area contributed by atoms with Gasteiger partial charge in [0.05, 0.1) is 6.61 Å². The Morgan fingerprint density at radius 2 is 1.91 bits per heavy atom. The van der Waals surface area contributed by atoms with Crippen molar-refractivity contribution in [1.82, 2.24) is 5.32 Å². The van der Waals surface area contributed by atoms with Crippen LogP contribution in [0.25, 0.3) is 0 Å². The minimum absolute atomic E-state index is 0. The predicted molar refractivity (Wildman–Crippen MR) is 84.1 cm³/mol. The number of rotatable bonds is 4. The van der Waals surface area contributed by atoms with Gasteiger partial charge in [-0.05, 0) is 24.3 Å². The number of benzene rings is 1. The monoisotopic (exact) mass is 348 g/mol. The number of nitrogens with one attached hydrogen (secondary N) is 1. The van der Waals surface area contributed by atoms with Gasteiger partial charge in [-0.1, -0.05) is 0 Å². The summed E-state index contributed by atoms with van der Waals surface area (Å²) < 4.78 is 11.0. The number of aliphatic hydroxyl groups excluding tert-OH is 3. The summed E-state index contributed by atoms with van der Waals surface area (Å²) >= 11 is 0. The molecule has 0 saturated carbocycles. The van der Waals surface area contributed by atoms with Gasteiger partial charge in [0.1, 0.15) is 30.1 Å². The summed E-state index contributed by atoms with van der Waals surface area (Å²) in [6.45, 7) is 0.782. The van der Waals surface area contributed by atoms with Crippen molar-refractivity contribution in [1.29, 1.82) is 0 Å². The van der Waals surface area contributed by atoms with Gasteiger partial charge in [-0.3, -0.25) is 4.79 Å². The molecule has 0 bridgehead atoms. The van der Waals surface area contributed by atoms with Crippen LogP contribution in [0.5, 0.6) is 5.75 Å². The molecule has 23 heavy (non-hydrogen) atoms. The van der Waals surface area contributed by atoms with E-state index in [2.05, 4.69) is 5.32 Å². The second-order valence-corrected chi connectivity index (χ2v) is 5.12. The maximum Gasteiger partial charge on any atom is 0.223 e. The van der Waals surface area contributed by atoms with Gasteiger partial charge < -0.3 is 35.8 Å². The number of nitrogen functional groups attached to an aromatic ring is 1. The Morgan fingerprint density at radius 1 is 1.30 bits per heavy atom. The Balaban J connectivity index is 0.00000264. The molecule has 1 aromatic rings. The first-order chi connectivity index (χ1) is 10.4. The molecular weight excluding hydrogens is 328 g/mol. The number of halogens is 1. The Bertz CT molecular complexity index is 514. The van der Waals surface area contributed by atoms with Crippen LogP contribution in [0.15, 0.2) is 24.3 Å². The van der Waals surface area contributed by atoms with Gasteiger partial charge in [0.15, 0.2) is 0 Å². The molecule has 1 aromatic carbocycles. The largest absolute Gasteiger partial charge is 0.463 e. The Morgan fingerprint density at radius 3 is 2.43 bits per heavy atom. The van der Waals surface area contributed by atoms with Crippen molar-refractivity contribution in [3.05, 3.63) is 24.3 Å². The summed E-state index contributed by atoms with van der Waals surface area (Å²) in [7, 11) is 0. The quantitative estimate of drug-likeness (QED) is 0.441. The first-order valence-corrected chi connectivity index (χ1v) is 6.84. The van der Waals surface area contributed by atoms with Gasteiger partial charge in [-0.25, -0.2) is 0 Å². The molecule has 9 heteroatoms. The summed E-state index contributed by atoms with van der Waals surface area (Å²) in [5.41, 5.74) is 6.14. The smallest absolute Gasteiger partial charge is 0.223 e. The van der Waals surface area contributed by atoms with Crippen LogP contribution in [0.3, 0.4) is 0 Å². The minimum atomic E-state index is -1.34. The van der Waals surface area contributed by atoms with Gasteiger partial charge >= 0.3 is 0 Å². The molecule has 8 nitrogen and oxygen atoms in total. The van der Waals surface area contributed by atoms with Crippen molar-refractivity contribution in [2.24, 2.45) is 0 Å². The van der Waals surface area contributed by atoms with E-state index in [-0.39, 0.29) is 12.4 Å². The SMILES string of the molecule is CC(=O)N[C@H]1[C@@H](Oc2ccc(N)cc2)O[C@H](CO)[C@H](O)[C@@H]1O.Cl. The third-order valence-electron chi connectivity index (χ3n) is 3.38. The van der Waals surface area contributed by atoms with E-state index >= 15 is 0 Å². The first-order valence-electron chi connectivity index (χ1n) is 6.84. The molecule has 0 aliphatic carbocycles. The maximum atomic E-state index is 11.3. The summed E-state index contributed by atoms with van der Waals surface area (Å²) in [6, 6.07) is 5.48. The molecule has 0 spiro atoms. The van der Waals surface area contributed by atoms with E-state index in [1.807, 2.05) is 0 Å². The van der Waals surface area contributed by atoms with Gasteiger partial charge in [0.2, 0.25) is 12.2 Å². The Labute approximate surface area is 139 Å². The Hall–Kier alpha value is -1.58. The molecule has 2 rings (SSSR count). The molecule has 130 valence electrons. The third kappa shape index (κ3) is 4.69. The molecule has 0 unspecified atom stereocenters. The molecule has 1 aliphatic rings. The van der Waals surface area contributed by atoms with Crippen LogP contribution < -0.4 is 15.8 Å².